The highest BCUT2D eigenvalue weighted by Crippen LogP contribution is 2.45. The maximum absolute atomic E-state index is 6.24. The minimum Gasteiger partial charge on any atom is -0.327 e. The van der Waals surface area contributed by atoms with Crippen molar-refractivity contribution in [3.8, 4) is 0 Å². The second-order valence-electron chi connectivity index (χ2n) is 7.03. The maximum Gasteiger partial charge on any atom is 0.00698 e. The summed E-state index contributed by atoms with van der Waals surface area (Å²) in [6.45, 7) is 12.2. The van der Waals surface area contributed by atoms with Gasteiger partial charge in [0.05, 0.1) is 0 Å². The SMILES string of the molecule is CC1CCCN1CC1CCC(N)C(C)C1(C)C. The van der Waals surface area contributed by atoms with Crippen LogP contribution >= 0.6 is 0 Å². The molecule has 1 saturated heterocycles. The van der Waals surface area contributed by atoms with Gasteiger partial charge in [0.1, 0.15) is 0 Å². The average molecular weight is 238 g/mol. The Morgan fingerprint density at radius 1 is 1.18 bits per heavy atom. The molecule has 1 heterocycles. The molecule has 0 aromatic heterocycles. The molecular formula is C15H30N2. The van der Waals surface area contributed by atoms with Crippen LogP contribution in [0.25, 0.3) is 0 Å². The summed E-state index contributed by atoms with van der Waals surface area (Å²) in [7, 11) is 0. The molecule has 4 unspecified atom stereocenters. The predicted octanol–water partition coefficient (Wildman–Crippen LogP) is 2.87. The van der Waals surface area contributed by atoms with E-state index in [4.69, 9.17) is 5.73 Å². The number of likely N-dealkylation sites (tertiary alicyclic amines) is 1. The third kappa shape index (κ3) is 2.53. The van der Waals surface area contributed by atoms with Crippen LogP contribution in [0.5, 0.6) is 0 Å². The van der Waals surface area contributed by atoms with E-state index in [1.807, 2.05) is 0 Å². The fourth-order valence-electron chi connectivity index (χ4n) is 3.81. The molecule has 100 valence electrons. The molecule has 1 aliphatic heterocycles. The molecule has 2 heteroatoms. The number of nitrogens with two attached hydrogens (primary N) is 1. The molecule has 2 N–H and O–H groups in total. The van der Waals surface area contributed by atoms with E-state index in [0.717, 1.165) is 12.0 Å². The lowest BCUT2D eigenvalue weighted by Crippen LogP contribution is -2.50. The number of hydrogen-bond donors (Lipinski definition) is 1. The van der Waals surface area contributed by atoms with E-state index >= 15 is 0 Å². The van der Waals surface area contributed by atoms with E-state index < -0.39 is 0 Å². The van der Waals surface area contributed by atoms with E-state index in [-0.39, 0.29) is 0 Å². The zero-order chi connectivity index (χ0) is 12.6. The van der Waals surface area contributed by atoms with Gasteiger partial charge in [-0.05, 0) is 56.4 Å². The molecule has 2 fully saturated rings. The predicted molar refractivity (Wildman–Crippen MR) is 73.9 cm³/mol. The largest absolute Gasteiger partial charge is 0.327 e. The molecule has 2 nitrogen and oxygen atoms in total. The normalized spacial score (nSPS) is 42.9. The van der Waals surface area contributed by atoms with Crippen molar-refractivity contribution in [2.24, 2.45) is 23.0 Å². The van der Waals surface area contributed by atoms with Gasteiger partial charge in [-0.15, -0.1) is 0 Å². The summed E-state index contributed by atoms with van der Waals surface area (Å²) in [5, 5.41) is 0. The molecule has 2 aliphatic rings. The van der Waals surface area contributed by atoms with Crippen LogP contribution in [0.2, 0.25) is 0 Å². The highest BCUT2D eigenvalue weighted by Gasteiger charge is 2.42. The third-order valence-electron chi connectivity index (χ3n) is 5.86. The molecule has 2 rings (SSSR count). The Labute approximate surface area is 107 Å². The molecule has 1 aliphatic carbocycles. The molecule has 0 aromatic carbocycles. The van der Waals surface area contributed by atoms with Crippen LogP contribution in [-0.2, 0) is 0 Å². The van der Waals surface area contributed by atoms with Crippen LogP contribution in [0.1, 0.15) is 53.4 Å². The average Bonchev–Trinajstić information content (AvgIpc) is 2.66. The van der Waals surface area contributed by atoms with Gasteiger partial charge in [0.15, 0.2) is 0 Å². The van der Waals surface area contributed by atoms with Crippen molar-refractivity contribution in [1.82, 2.24) is 4.90 Å². The number of rotatable bonds is 2. The Morgan fingerprint density at radius 2 is 1.88 bits per heavy atom. The molecule has 0 amide bonds. The van der Waals surface area contributed by atoms with E-state index in [9.17, 15) is 0 Å². The summed E-state index contributed by atoms with van der Waals surface area (Å²) in [4.78, 5) is 2.70. The van der Waals surface area contributed by atoms with Crippen LogP contribution in [0.4, 0.5) is 0 Å². The Kier molecular flexibility index (Phi) is 3.84. The van der Waals surface area contributed by atoms with E-state index in [2.05, 4.69) is 32.6 Å². The first kappa shape index (κ1) is 13.4. The van der Waals surface area contributed by atoms with Crippen LogP contribution in [-0.4, -0.2) is 30.1 Å². The van der Waals surface area contributed by atoms with Gasteiger partial charge < -0.3 is 10.6 Å². The lowest BCUT2D eigenvalue weighted by Gasteiger charge is -2.48. The van der Waals surface area contributed by atoms with Crippen molar-refractivity contribution in [3.63, 3.8) is 0 Å². The fraction of sp³-hybridized carbons (Fsp3) is 1.00. The van der Waals surface area contributed by atoms with Crippen LogP contribution in [0.3, 0.4) is 0 Å². The standard InChI is InChI=1S/C15H30N2/c1-11-6-5-9-17(11)10-13-7-8-14(16)12(2)15(13,3)4/h11-14H,5-10,16H2,1-4H3. The molecule has 4 atom stereocenters. The fourth-order valence-corrected chi connectivity index (χ4v) is 3.81. The van der Waals surface area contributed by atoms with Crippen molar-refractivity contribution in [2.45, 2.75) is 65.5 Å². The summed E-state index contributed by atoms with van der Waals surface area (Å²) in [5.41, 5.74) is 6.64. The number of nitrogens with zero attached hydrogens (tertiary/aromatic N) is 1. The Morgan fingerprint density at radius 3 is 2.47 bits per heavy atom. The zero-order valence-corrected chi connectivity index (χ0v) is 12.1. The highest BCUT2D eigenvalue weighted by molar-refractivity contribution is 4.95. The molecule has 0 spiro atoms. The minimum absolute atomic E-state index is 0.403. The van der Waals surface area contributed by atoms with Gasteiger partial charge >= 0.3 is 0 Å². The Hall–Kier alpha value is -0.0800. The van der Waals surface area contributed by atoms with Gasteiger partial charge in [-0.2, -0.15) is 0 Å². The summed E-state index contributed by atoms with van der Waals surface area (Å²) < 4.78 is 0. The van der Waals surface area contributed by atoms with Crippen molar-refractivity contribution in [3.05, 3.63) is 0 Å². The minimum atomic E-state index is 0.403. The maximum atomic E-state index is 6.24. The van der Waals surface area contributed by atoms with Crippen molar-refractivity contribution in [2.75, 3.05) is 13.1 Å². The van der Waals surface area contributed by atoms with Crippen LogP contribution in [0, 0.1) is 17.3 Å². The summed E-state index contributed by atoms with van der Waals surface area (Å²) in [6.07, 6.45) is 5.32. The molecule has 0 aromatic rings. The van der Waals surface area contributed by atoms with Gasteiger partial charge in [0, 0.05) is 18.6 Å². The monoisotopic (exact) mass is 238 g/mol. The topological polar surface area (TPSA) is 29.3 Å². The van der Waals surface area contributed by atoms with E-state index in [1.165, 1.54) is 38.8 Å². The number of hydrogen-bond acceptors (Lipinski definition) is 2. The zero-order valence-electron chi connectivity index (χ0n) is 12.1. The summed E-state index contributed by atoms with van der Waals surface area (Å²) in [6, 6.07) is 1.22. The highest BCUT2D eigenvalue weighted by atomic mass is 15.2. The Balaban J connectivity index is 2.00. The van der Waals surface area contributed by atoms with Gasteiger partial charge in [-0.3, -0.25) is 0 Å². The third-order valence-corrected chi connectivity index (χ3v) is 5.86. The molecule has 1 saturated carbocycles. The molecule has 17 heavy (non-hydrogen) atoms. The van der Waals surface area contributed by atoms with E-state index in [0.29, 0.717) is 17.4 Å². The smallest absolute Gasteiger partial charge is 0.00698 e. The van der Waals surface area contributed by atoms with Crippen molar-refractivity contribution < 1.29 is 0 Å². The first-order chi connectivity index (χ1) is 7.93. The van der Waals surface area contributed by atoms with Crippen LogP contribution in [0.15, 0.2) is 0 Å². The van der Waals surface area contributed by atoms with E-state index in [1.54, 1.807) is 0 Å². The Bertz CT molecular complexity index is 262. The molecular weight excluding hydrogens is 208 g/mol. The second-order valence-corrected chi connectivity index (χ2v) is 7.03. The first-order valence-electron chi connectivity index (χ1n) is 7.42. The summed E-state index contributed by atoms with van der Waals surface area (Å²) in [5.74, 6) is 1.48. The molecule has 0 bridgehead atoms. The first-order valence-corrected chi connectivity index (χ1v) is 7.42. The van der Waals surface area contributed by atoms with Crippen LogP contribution < -0.4 is 5.73 Å². The van der Waals surface area contributed by atoms with Crippen molar-refractivity contribution in [1.29, 1.82) is 0 Å². The van der Waals surface area contributed by atoms with Crippen molar-refractivity contribution >= 4 is 0 Å². The molecule has 0 radical (unpaired) electrons. The van der Waals surface area contributed by atoms with Gasteiger partial charge in [-0.25, -0.2) is 0 Å². The summed E-state index contributed by atoms with van der Waals surface area (Å²) >= 11 is 0. The lowest BCUT2D eigenvalue weighted by molar-refractivity contribution is 0.0273. The second kappa shape index (κ2) is 4.89. The quantitative estimate of drug-likeness (QED) is 0.801. The van der Waals surface area contributed by atoms with Gasteiger partial charge in [0.2, 0.25) is 0 Å². The lowest BCUT2D eigenvalue weighted by atomic mass is 9.61. The van der Waals surface area contributed by atoms with Gasteiger partial charge in [-0.1, -0.05) is 20.8 Å². The van der Waals surface area contributed by atoms with Gasteiger partial charge in [0.25, 0.3) is 0 Å².